The van der Waals surface area contributed by atoms with Crippen LogP contribution in [-0.2, 0) is 28.6 Å². The highest BCUT2D eigenvalue weighted by Gasteiger charge is 2.39. The maximum absolute atomic E-state index is 11.0. The molecule has 0 aromatic carbocycles. The monoisotopic (exact) mass is 228 g/mol. The predicted molar refractivity (Wildman–Crippen MR) is 50.9 cm³/mol. The second kappa shape index (κ2) is 5.29. The van der Waals surface area contributed by atoms with Gasteiger partial charge in [-0.15, -0.1) is 0 Å². The van der Waals surface area contributed by atoms with Crippen molar-refractivity contribution >= 4 is 17.9 Å². The number of esters is 3. The first-order valence-electron chi connectivity index (χ1n) is 4.63. The Hall–Kier alpha value is -1.85. The first-order chi connectivity index (χ1) is 7.58. The van der Waals surface area contributed by atoms with Crippen LogP contribution in [0.15, 0.2) is 11.8 Å². The lowest BCUT2D eigenvalue weighted by Gasteiger charge is -2.26. The normalized spacial score (nSPS) is 21.0. The summed E-state index contributed by atoms with van der Waals surface area (Å²) in [7, 11) is 2.50. The van der Waals surface area contributed by atoms with Crippen molar-refractivity contribution in [3.63, 3.8) is 0 Å². The molecule has 6 nitrogen and oxygen atoms in total. The lowest BCUT2D eigenvalue weighted by molar-refractivity contribution is -0.162. The van der Waals surface area contributed by atoms with Crippen LogP contribution in [0.4, 0.5) is 0 Å². The van der Waals surface area contributed by atoms with Gasteiger partial charge in [-0.2, -0.15) is 0 Å². The summed E-state index contributed by atoms with van der Waals surface area (Å²) in [5.74, 6) is -1.72. The molecule has 1 fully saturated rings. The third kappa shape index (κ3) is 2.82. The fourth-order valence-corrected chi connectivity index (χ4v) is 1.20. The van der Waals surface area contributed by atoms with Crippen molar-refractivity contribution in [1.82, 2.24) is 0 Å². The zero-order chi connectivity index (χ0) is 12.1. The average molecular weight is 228 g/mol. The molecule has 6 heteroatoms. The Labute approximate surface area is 92.2 Å². The van der Waals surface area contributed by atoms with Gasteiger partial charge in [-0.1, -0.05) is 0 Å². The molecule has 0 aliphatic carbocycles. The molecule has 1 aliphatic rings. The van der Waals surface area contributed by atoms with Crippen LogP contribution < -0.4 is 0 Å². The standard InChI is InChI=1S/C10H12O6/c1-14-8(11)4-3-7-6(10(13)16-7)5-9(12)15-2/h3,6H,4-5H2,1-2H3/b7-3-/t6-/m0/s1. The SMILES string of the molecule is COC(=O)C/C=C1\OC(=O)[C@H]1CC(=O)OC. The summed E-state index contributed by atoms with van der Waals surface area (Å²) in [5, 5.41) is 0. The Kier molecular flexibility index (Phi) is 4.04. The number of cyclic esters (lactones) is 1. The summed E-state index contributed by atoms with van der Waals surface area (Å²) in [6.07, 6.45) is 1.37. The van der Waals surface area contributed by atoms with Crippen LogP contribution in [0.5, 0.6) is 0 Å². The molecule has 0 N–H and O–H groups in total. The zero-order valence-electron chi connectivity index (χ0n) is 9.02. The molecule has 0 amide bonds. The van der Waals surface area contributed by atoms with E-state index in [1.165, 1.54) is 20.3 Å². The van der Waals surface area contributed by atoms with Crippen molar-refractivity contribution in [2.24, 2.45) is 5.92 Å². The highest BCUT2D eigenvalue weighted by Crippen LogP contribution is 2.30. The lowest BCUT2D eigenvalue weighted by Crippen LogP contribution is -2.34. The van der Waals surface area contributed by atoms with Gasteiger partial charge in [-0.3, -0.25) is 14.4 Å². The van der Waals surface area contributed by atoms with Gasteiger partial charge in [0.15, 0.2) is 0 Å². The first-order valence-corrected chi connectivity index (χ1v) is 4.63. The Morgan fingerprint density at radius 3 is 2.44 bits per heavy atom. The number of hydrogen-bond acceptors (Lipinski definition) is 6. The highest BCUT2D eigenvalue weighted by atomic mass is 16.6. The average Bonchev–Trinajstić information content (AvgIpc) is 2.30. The fourth-order valence-electron chi connectivity index (χ4n) is 1.20. The summed E-state index contributed by atoms with van der Waals surface area (Å²) >= 11 is 0. The molecule has 0 bridgehead atoms. The van der Waals surface area contributed by atoms with Crippen molar-refractivity contribution in [3.8, 4) is 0 Å². The summed E-state index contributed by atoms with van der Waals surface area (Å²) in [6.45, 7) is 0. The van der Waals surface area contributed by atoms with Crippen molar-refractivity contribution in [2.45, 2.75) is 12.8 Å². The quantitative estimate of drug-likeness (QED) is 0.504. The second-order valence-corrected chi connectivity index (χ2v) is 3.14. The van der Waals surface area contributed by atoms with Gasteiger partial charge in [-0.05, 0) is 6.08 Å². The molecule has 1 rings (SSSR count). The number of carbonyl (C=O) groups is 3. The van der Waals surface area contributed by atoms with E-state index in [9.17, 15) is 14.4 Å². The summed E-state index contributed by atoms with van der Waals surface area (Å²) in [4.78, 5) is 32.8. The Morgan fingerprint density at radius 1 is 1.31 bits per heavy atom. The minimum absolute atomic E-state index is 0.0107. The zero-order valence-corrected chi connectivity index (χ0v) is 9.02. The summed E-state index contributed by atoms with van der Waals surface area (Å²) in [6, 6.07) is 0. The van der Waals surface area contributed by atoms with Crippen LogP contribution in [0, 0.1) is 5.92 Å². The molecular weight excluding hydrogens is 216 g/mol. The van der Waals surface area contributed by atoms with E-state index < -0.39 is 23.8 Å². The molecule has 0 unspecified atom stereocenters. The van der Waals surface area contributed by atoms with Gasteiger partial charge in [-0.25, -0.2) is 0 Å². The first kappa shape index (κ1) is 12.2. The Bertz CT molecular complexity index is 343. The van der Waals surface area contributed by atoms with E-state index in [0.29, 0.717) is 5.76 Å². The number of methoxy groups -OCH3 is 2. The molecule has 1 heterocycles. The molecular formula is C10H12O6. The van der Waals surface area contributed by atoms with E-state index in [-0.39, 0.29) is 12.8 Å². The van der Waals surface area contributed by atoms with Crippen molar-refractivity contribution in [1.29, 1.82) is 0 Å². The number of hydrogen-bond donors (Lipinski definition) is 0. The molecule has 0 spiro atoms. The van der Waals surface area contributed by atoms with Gasteiger partial charge < -0.3 is 14.2 Å². The van der Waals surface area contributed by atoms with Crippen LogP contribution >= 0.6 is 0 Å². The molecule has 88 valence electrons. The Morgan fingerprint density at radius 2 is 1.94 bits per heavy atom. The molecule has 0 aromatic heterocycles. The maximum Gasteiger partial charge on any atom is 0.322 e. The summed E-state index contributed by atoms with van der Waals surface area (Å²) in [5.41, 5.74) is 0. The molecule has 1 aliphatic heterocycles. The van der Waals surface area contributed by atoms with Crippen molar-refractivity contribution in [2.75, 3.05) is 14.2 Å². The van der Waals surface area contributed by atoms with Crippen LogP contribution in [-0.4, -0.2) is 32.1 Å². The predicted octanol–water partition coefficient (Wildman–Crippen LogP) is 0.169. The van der Waals surface area contributed by atoms with E-state index >= 15 is 0 Å². The number of rotatable bonds is 4. The third-order valence-corrected chi connectivity index (χ3v) is 2.14. The maximum atomic E-state index is 11.0. The minimum atomic E-state index is -0.628. The molecule has 0 aromatic rings. The van der Waals surface area contributed by atoms with Gasteiger partial charge in [0.05, 0.1) is 27.1 Å². The highest BCUT2D eigenvalue weighted by molar-refractivity contribution is 5.88. The van der Waals surface area contributed by atoms with Gasteiger partial charge in [0.25, 0.3) is 0 Å². The number of ether oxygens (including phenoxy) is 3. The van der Waals surface area contributed by atoms with Crippen LogP contribution in [0.1, 0.15) is 12.8 Å². The molecule has 1 atom stereocenters. The molecule has 16 heavy (non-hydrogen) atoms. The number of carbonyl (C=O) groups excluding carboxylic acids is 3. The minimum Gasteiger partial charge on any atom is -0.469 e. The third-order valence-electron chi connectivity index (χ3n) is 2.14. The van der Waals surface area contributed by atoms with Crippen molar-refractivity contribution in [3.05, 3.63) is 11.8 Å². The lowest BCUT2D eigenvalue weighted by atomic mass is 9.97. The molecule has 0 radical (unpaired) electrons. The van der Waals surface area contributed by atoms with Gasteiger partial charge in [0.1, 0.15) is 11.7 Å². The van der Waals surface area contributed by atoms with Gasteiger partial charge >= 0.3 is 17.9 Å². The van der Waals surface area contributed by atoms with Crippen molar-refractivity contribution < 1.29 is 28.6 Å². The van der Waals surface area contributed by atoms with E-state index in [0.717, 1.165) is 0 Å². The van der Waals surface area contributed by atoms with Gasteiger partial charge in [0, 0.05) is 0 Å². The summed E-state index contributed by atoms with van der Waals surface area (Å²) < 4.78 is 13.6. The van der Waals surface area contributed by atoms with Crippen LogP contribution in [0.2, 0.25) is 0 Å². The second-order valence-electron chi connectivity index (χ2n) is 3.14. The van der Waals surface area contributed by atoms with E-state index in [1.807, 2.05) is 0 Å². The van der Waals surface area contributed by atoms with Gasteiger partial charge in [0.2, 0.25) is 0 Å². The van der Waals surface area contributed by atoms with E-state index in [4.69, 9.17) is 4.74 Å². The topological polar surface area (TPSA) is 78.9 Å². The fraction of sp³-hybridized carbons (Fsp3) is 0.500. The largest absolute Gasteiger partial charge is 0.469 e. The molecule has 0 saturated carbocycles. The van der Waals surface area contributed by atoms with Crippen LogP contribution in [0.3, 0.4) is 0 Å². The smallest absolute Gasteiger partial charge is 0.322 e. The van der Waals surface area contributed by atoms with E-state index in [2.05, 4.69) is 9.47 Å². The molecule has 1 saturated heterocycles. The van der Waals surface area contributed by atoms with Crippen LogP contribution in [0.25, 0.3) is 0 Å². The Balaban J connectivity index is 2.52. The van der Waals surface area contributed by atoms with E-state index in [1.54, 1.807) is 0 Å².